The predicted octanol–water partition coefficient (Wildman–Crippen LogP) is -1.26. The molecule has 1 heterocycles. The Bertz CT molecular complexity index is 428. The summed E-state index contributed by atoms with van der Waals surface area (Å²) in [6.07, 6.45) is -0.254. The number of hydrogen-bond acceptors (Lipinski definition) is 4. The molecule has 1 saturated heterocycles. The van der Waals surface area contributed by atoms with Gasteiger partial charge in [0.25, 0.3) is 0 Å². The highest BCUT2D eigenvalue weighted by molar-refractivity contribution is 7.89. The third kappa shape index (κ3) is 2.17. The molecular formula is C8H14N2O5S. The van der Waals surface area contributed by atoms with Crippen LogP contribution < -0.4 is 5.14 Å². The third-order valence-corrected chi connectivity index (χ3v) is 4.00. The summed E-state index contributed by atoms with van der Waals surface area (Å²) >= 11 is 0. The fourth-order valence-electron chi connectivity index (χ4n) is 1.55. The van der Waals surface area contributed by atoms with Crippen LogP contribution in [0.2, 0.25) is 0 Å². The number of sulfonamides is 1. The van der Waals surface area contributed by atoms with Gasteiger partial charge >= 0.3 is 5.97 Å². The molecule has 1 amide bonds. The van der Waals surface area contributed by atoms with Crippen molar-refractivity contribution in [3.63, 3.8) is 0 Å². The molecule has 0 aromatic carbocycles. The van der Waals surface area contributed by atoms with Gasteiger partial charge in [-0.1, -0.05) is 0 Å². The maximum absolute atomic E-state index is 11.5. The second kappa shape index (κ2) is 3.70. The lowest BCUT2D eigenvalue weighted by molar-refractivity contribution is -0.154. The molecule has 8 heteroatoms. The van der Waals surface area contributed by atoms with Crippen LogP contribution >= 0.6 is 0 Å². The van der Waals surface area contributed by atoms with Crippen LogP contribution in [0, 0.1) is 0 Å². The van der Waals surface area contributed by atoms with Crippen molar-refractivity contribution in [3.8, 4) is 0 Å². The van der Waals surface area contributed by atoms with Crippen LogP contribution in [-0.4, -0.2) is 47.6 Å². The van der Waals surface area contributed by atoms with Gasteiger partial charge in [-0.15, -0.1) is 0 Å². The van der Waals surface area contributed by atoms with Crippen LogP contribution in [0.1, 0.15) is 20.3 Å². The summed E-state index contributed by atoms with van der Waals surface area (Å²) in [7, 11) is -3.81. The number of likely N-dealkylation sites (tertiary alicyclic amines) is 1. The zero-order valence-electron chi connectivity index (χ0n) is 9.00. The lowest BCUT2D eigenvalue weighted by Crippen LogP contribution is -2.51. The second-order valence-corrected chi connectivity index (χ2v) is 6.13. The van der Waals surface area contributed by atoms with Gasteiger partial charge in [0.2, 0.25) is 15.9 Å². The quantitative estimate of drug-likeness (QED) is 0.648. The number of carbonyl (C=O) groups is 2. The van der Waals surface area contributed by atoms with Crippen LogP contribution in [0.4, 0.5) is 0 Å². The Morgan fingerprint density at radius 2 is 2.06 bits per heavy atom. The van der Waals surface area contributed by atoms with Gasteiger partial charge in [0.15, 0.2) is 0 Å². The number of carboxylic acid groups (broad SMARTS) is 1. The van der Waals surface area contributed by atoms with Crippen molar-refractivity contribution in [1.29, 1.82) is 0 Å². The maximum Gasteiger partial charge on any atom is 0.329 e. The normalized spacial score (nSPS) is 22.6. The molecule has 1 aliphatic rings. The van der Waals surface area contributed by atoms with Crippen LogP contribution in [0.5, 0.6) is 0 Å². The van der Waals surface area contributed by atoms with Gasteiger partial charge in [-0.25, -0.2) is 18.4 Å². The molecule has 16 heavy (non-hydrogen) atoms. The number of nitrogens with two attached hydrogens (primary N) is 1. The highest BCUT2D eigenvalue weighted by Crippen LogP contribution is 2.25. The molecule has 0 spiro atoms. The van der Waals surface area contributed by atoms with Gasteiger partial charge in [-0.3, -0.25) is 4.79 Å². The molecule has 7 nitrogen and oxygen atoms in total. The number of carbonyl (C=O) groups excluding carboxylic acids is 1. The number of aliphatic carboxylic acids is 1. The molecule has 0 aromatic heterocycles. The number of carboxylic acids is 1. The maximum atomic E-state index is 11.5. The second-order valence-electron chi connectivity index (χ2n) is 4.28. The standard InChI is InChI=1S/C8H14N2O5S/c1-8(2,7(12)13)10-4-5(3-6(10)11)16(9,14)15/h5H,3-4H2,1-2H3,(H,12,13)(H2,9,14,15). The van der Waals surface area contributed by atoms with Crippen molar-refractivity contribution in [3.05, 3.63) is 0 Å². The Morgan fingerprint density at radius 3 is 2.38 bits per heavy atom. The molecule has 1 atom stereocenters. The van der Waals surface area contributed by atoms with E-state index in [4.69, 9.17) is 10.2 Å². The summed E-state index contributed by atoms with van der Waals surface area (Å²) in [6.45, 7) is 2.52. The molecule has 0 saturated carbocycles. The largest absolute Gasteiger partial charge is 0.480 e. The molecule has 0 bridgehead atoms. The summed E-state index contributed by atoms with van der Waals surface area (Å²) in [5, 5.41) is 12.8. The molecule has 1 fully saturated rings. The van der Waals surface area contributed by atoms with E-state index in [0.717, 1.165) is 4.90 Å². The van der Waals surface area contributed by atoms with E-state index in [2.05, 4.69) is 0 Å². The van der Waals surface area contributed by atoms with Crippen molar-refractivity contribution in [2.24, 2.45) is 5.14 Å². The molecule has 1 rings (SSSR count). The van der Waals surface area contributed by atoms with E-state index in [1.165, 1.54) is 13.8 Å². The van der Waals surface area contributed by atoms with E-state index < -0.39 is 32.7 Å². The number of rotatable bonds is 3. The molecule has 0 aliphatic carbocycles. The number of hydrogen-bond donors (Lipinski definition) is 2. The Labute approximate surface area is 93.3 Å². The SMILES string of the molecule is CC(C)(C(=O)O)N1CC(S(N)(=O)=O)CC1=O. The van der Waals surface area contributed by atoms with Crippen molar-refractivity contribution in [2.75, 3.05) is 6.54 Å². The summed E-state index contributed by atoms with van der Waals surface area (Å²) in [6, 6.07) is 0. The molecule has 1 unspecified atom stereocenters. The van der Waals surface area contributed by atoms with Crippen LogP contribution in [0.25, 0.3) is 0 Å². The summed E-state index contributed by atoms with van der Waals surface area (Å²) in [5.74, 6) is -1.69. The van der Waals surface area contributed by atoms with Crippen LogP contribution in [0.15, 0.2) is 0 Å². The number of primary sulfonamides is 1. The number of nitrogens with zero attached hydrogens (tertiary/aromatic N) is 1. The zero-order valence-corrected chi connectivity index (χ0v) is 9.82. The highest BCUT2D eigenvalue weighted by atomic mass is 32.2. The molecular weight excluding hydrogens is 236 g/mol. The van der Waals surface area contributed by atoms with E-state index in [9.17, 15) is 18.0 Å². The summed E-state index contributed by atoms with van der Waals surface area (Å²) in [5.41, 5.74) is -1.42. The van der Waals surface area contributed by atoms with Crippen molar-refractivity contribution >= 4 is 21.9 Å². The third-order valence-electron chi connectivity index (χ3n) is 2.75. The Morgan fingerprint density at radius 1 is 1.56 bits per heavy atom. The van der Waals surface area contributed by atoms with E-state index in [1.54, 1.807) is 0 Å². The average molecular weight is 250 g/mol. The average Bonchev–Trinajstić information content (AvgIpc) is 2.46. The molecule has 3 N–H and O–H groups in total. The minimum Gasteiger partial charge on any atom is -0.480 e. The minimum absolute atomic E-state index is 0.170. The van der Waals surface area contributed by atoms with E-state index in [0.29, 0.717) is 0 Å². The first-order valence-corrected chi connectivity index (χ1v) is 6.23. The monoisotopic (exact) mass is 250 g/mol. The Balaban J connectivity index is 2.97. The van der Waals surface area contributed by atoms with Crippen molar-refractivity contribution in [2.45, 2.75) is 31.1 Å². The molecule has 92 valence electrons. The van der Waals surface area contributed by atoms with Gasteiger partial charge in [0, 0.05) is 13.0 Å². The molecule has 0 radical (unpaired) electrons. The highest BCUT2D eigenvalue weighted by Gasteiger charge is 2.46. The first-order chi connectivity index (χ1) is 7.06. The van der Waals surface area contributed by atoms with Gasteiger partial charge < -0.3 is 10.0 Å². The first-order valence-electron chi connectivity index (χ1n) is 4.62. The first kappa shape index (κ1) is 12.9. The number of amides is 1. The van der Waals surface area contributed by atoms with Gasteiger partial charge in [0.1, 0.15) is 10.8 Å². The fraction of sp³-hybridized carbons (Fsp3) is 0.750. The van der Waals surface area contributed by atoms with Crippen molar-refractivity contribution in [1.82, 2.24) is 4.90 Å². The Hall–Kier alpha value is -1.15. The fourth-order valence-corrected chi connectivity index (χ4v) is 2.28. The van der Waals surface area contributed by atoms with Gasteiger partial charge in [-0.05, 0) is 13.8 Å². The van der Waals surface area contributed by atoms with E-state index in [-0.39, 0.29) is 13.0 Å². The summed E-state index contributed by atoms with van der Waals surface area (Å²) < 4.78 is 22.1. The van der Waals surface area contributed by atoms with Crippen LogP contribution in [-0.2, 0) is 19.6 Å². The lowest BCUT2D eigenvalue weighted by Gasteiger charge is -2.31. The molecule has 0 aromatic rings. The lowest BCUT2D eigenvalue weighted by atomic mass is 10.0. The smallest absolute Gasteiger partial charge is 0.329 e. The van der Waals surface area contributed by atoms with E-state index in [1.807, 2.05) is 0 Å². The minimum atomic E-state index is -3.81. The summed E-state index contributed by atoms with van der Waals surface area (Å²) in [4.78, 5) is 23.5. The van der Waals surface area contributed by atoms with Crippen LogP contribution in [0.3, 0.4) is 0 Å². The van der Waals surface area contributed by atoms with Crippen molar-refractivity contribution < 1.29 is 23.1 Å². The molecule has 1 aliphatic heterocycles. The topological polar surface area (TPSA) is 118 Å². The predicted molar refractivity (Wildman–Crippen MR) is 54.9 cm³/mol. The van der Waals surface area contributed by atoms with Gasteiger partial charge in [0.05, 0.1) is 0 Å². The zero-order chi connectivity index (χ0) is 12.7. The van der Waals surface area contributed by atoms with E-state index >= 15 is 0 Å². The Kier molecular flexibility index (Phi) is 2.99. The van der Waals surface area contributed by atoms with Gasteiger partial charge in [-0.2, -0.15) is 0 Å².